The van der Waals surface area contributed by atoms with Crippen LogP contribution in [0.1, 0.15) is 41.5 Å². The molecule has 8 heteroatoms. The molecular weight excluding hydrogens is 282 g/mol. The van der Waals surface area contributed by atoms with Gasteiger partial charge >= 0.3 is 18.0 Å². The minimum atomic E-state index is -1.42. The second kappa shape index (κ2) is 6.12. The molecule has 0 atom stereocenters. The van der Waals surface area contributed by atoms with Crippen LogP contribution >= 0.6 is 0 Å². The van der Waals surface area contributed by atoms with Crippen LogP contribution in [0.2, 0.25) is 0 Å². The number of hydrogen-bond donors (Lipinski definition) is 3. The molecule has 1 aromatic rings. The molecule has 114 valence electrons. The highest BCUT2D eigenvalue weighted by Gasteiger charge is 2.19. The molecule has 0 aliphatic rings. The van der Waals surface area contributed by atoms with Crippen LogP contribution in [0.15, 0.2) is 18.2 Å². The van der Waals surface area contributed by atoms with Crippen molar-refractivity contribution in [2.45, 2.75) is 26.4 Å². The number of carbonyl (C=O) groups excluding carboxylic acids is 1. The first-order valence-electron chi connectivity index (χ1n) is 5.86. The summed E-state index contributed by atoms with van der Waals surface area (Å²) in [4.78, 5) is 38.1. The number of aromatic carboxylic acids is 2. The van der Waals surface area contributed by atoms with Crippen molar-refractivity contribution in [2.75, 3.05) is 0 Å². The molecule has 0 spiro atoms. The summed E-state index contributed by atoms with van der Waals surface area (Å²) >= 11 is 0. The Labute approximate surface area is 120 Å². The van der Waals surface area contributed by atoms with E-state index >= 15 is 0 Å². The van der Waals surface area contributed by atoms with E-state index in [9.17, 15) is 14.4 Å². The normalized spacial score (nSPS) is 10.6. The molecule has 1 amide bonds. The van der Waals surface area contributed by atoms with Gasteiger partial charge in [0, 0.05) is 0 Å². The molecule has 0 radical (unpaired) electrons. The first kappa shape index (κ1) is 16.3. The van der Waals surface area contributed by atoms with Crippen LogP contribution in [-0.4, -0.2) is 33.8 Å². The Hall–Kier alpha value is -2.77. The first-order valence-corrected chi connectivity index (χ1v) is 5.86. The first-order chi connectivity index (χ1) is 9.60. The Morgan fingerprint density at radius 1 is 1.05 bits per heavy atom. The van der Waals surface area contributed by atoms with Crippen LogP contribution in [0, 0.1) is 0 Å². The van der Waals surface area contributed by atoms with E-state index in [4.69, 9.17) is 19.8 Å². The minimum Gasteiger partial charge on any atom is -0.478 e. The van der Waals surface area contributed by atoms with E-state index < -0.39 is 29.2 Å². The van der Waals surface area contributed by atoms with E-state index in [1.165, 1.54) is 6.07 Å². The Morgan fingerprint density at radius 3 is 2.10 bits per heavy atom. The highest BCUT2D eigenvalue weighted by Crippen LogP contribution is 2.18. The lowest BCUT2D eigenvalue weighted by Crippen LogP contribution is -2.34. The van der Waals surface area contributed by atoms with E-state index in [1.807, 2.05) is 5.48 Å². The quantitative estimate of drug-likeness (QED) is 0.725. The number of nitrogens with one attached hydrogen (secondary N) is 1. The van der Waals surface area contributed by atoms with Crippen molar-refractivity contribution < 1.29 is 34.2 Å². The highest BCUT2D eigenvalue weighted by molar-refractivity contribution is 6.02. The molecule has 3 N–H and O–H groups in total. The molecule has 0 fully saturated rings. The summed E-state index contributed by atoms with van der Waals surface area (Å²) in [7, 11) is 0. The van der Waals surface area contributed by atoms with Gasteiger partial charge in [-0.3, -0.25) is 0 Å². The maximum atomic E-state index is 11.4. The number of ether oxygens (including phenoxy) is 1. The summed E-state index contributed by atoms with van der Waals surface area (Å²) in [5, 5.41) is 17.8. The molecule has 0 aliphatic heterocycles. The zero-order valence-electron chi connectivity index (χ0n) is 11.7. The fraction of sp³-hybridized carbons (Fsp3) is 0.308. The summed E-state index contributed by atoms with van der Waals surface area (Å²) in [5.74, 6) is -2.84. The van der Waals surface area contributed by atoms with E-state index in [2.05, 4.69) is 0 Å². The smallest absolute Gasteiger partial charge is 0.441 e. The van der Waals surface area contributed by atoms with Crippen LogP contribution in [0.5, 0.6) is 5.75 Å². The minimum absolute atomic E-state index is 0.0386. The van der Waals surface area contributed by atoms with E-state index in [0.717, 1.165) is 12.1 Å². The van der Waals surface area contributed by atoms with Gasteiger partial charge in [-0.15, -0.1) is 0 Å². The second-order valence-electron chi connectivity index (χ2n) is 5.02. The highest BCUT2D eigenvalue weighted by atomic mass is 16.7. The third kappa shape index (κ3) is 5.01. The number of hydrogen-bond acceptors (Lipinski definition) is 5. The van der Waals surface area contributed by atoms with Gasteiger partial charge in [0.25, 0.3) is 0 Å². The van der Waals surface area contributed by atoms with E-state index in [0.29, 0.717) is 0 Å². The average Bonchev–Trinajstić information content (AvgIpc) is 2.33. The van der Waals surface area contributed by atoms with E-state index in [1.54, 1.807) is 20.8 Å². The summed E-state index contributed by atoms with van der Waals surface area (Å²) in [5.41, 5.74) is 0.418. The van der Waals surface area contributed by atoms with Crippen molar-refractivity contribution in [2.24, 2.45) is 0 Å². The molecule has 0 aliphatic carbocycles. The lowest BCUT2D eigenvalue weighted by atomic mass is 10.1. The molecule has 0 unspecified atom stereocenters. The maximum absolute atomic E-state index is 11.4. The van der Waals surface area contributed by atoms with Crippen molar-refractivity contribution in [3.63, 3.8) is 0 Å². The molecule has 0 saturated heterocycles. The van der Waals surface area contributed by atoms with Gasteiger partial charge in [-0.05, 0) is 39.0 Å². The van der Waals surface area contributed by atoms with Gasteiger partial charge in [0.1, 0.15) is 5.60 Å². The van der Waals surface area contributed by atoms with Crippen LogP contribution < -0.4 is 10.3 Å². The molecule has 0 heterocycles. The fourth-order valence-electron chi connectivity index (χ4n) is 1.35. The zero-order valence-corrected chi connectivity index (χ0v) is 11.7. The maximum Gasteiger partial charge on any atom is 0.441 e. The standard InChI is InChI=1S/C13H15NO7/c1-13(2,3)20-12(19)14-21-7-4-5-8(10(15)16)9(6-7)11(17)18/h4-6H,1-3H3,(H,14,19)(H,15,16)(H,17,18). The fourth-order valence-corrected chi connectivity index (χ4v) is 1.35. The number of rotatable bonds is 4. The van der Waals surface area contributed by atoms with Gasteiger partial charge in [-0.25, -0.2) is 14.4 Å². The van der Waals surface area contributed by atoms with Crippen molar-refractivity contribution in [1.29, 1.82) is 0 Å². The third-order valence-electron chi connectivity index (χ3n) is 2.10. The van der Waals surface area contributed by atoms with Crippen LogP contribution in [-0.2, 0) is 4.74 Å². The second-order valence-corrected chi connectivity index (χ2v) is 5.02. The Kier molecular flexibility index (Phi) is 4.75. The Balaban J connectivity index is 2.82. The predicted molar refractivity (Wildman–Crippen MR) is 70.4 cm³/mol. The van der Waals surface area contributed by atoms with Gasteiger partial charge in [0.05, 0.1) is 11.1 Å². The van der Waals surface area contributed by atoms with Gasteiger partial charge in [-0.1, -0.05) is 0 Å². The topological polar surface area (TPSA) is 122 Å². The third-order valence-corrected chi connectivity index (χ3v) is 2.10. The van der Waals surface area contributed by atoms with Crippen molar-refractivity contribution >= 4 is 18.0 Å². The molecule has 0 saturated carbocycles. The predicted octanol–water partition coefficient (Wildman–Crippen LogP) is 1.90. The molecule has 0 bridgehead atoms. The molecular formula is C13H15NO7. The number of amides is 1. The summed E-state index contributed by atoms with van der Waals surface area (Å²) in [6, 6.07) is 3.27. The molecule has 0 aromatic heterocycles. The van der Waals surface area contributed by atoms with Gasteiger partial charge in [0.15, 0.2) is 5.75 Å². The largest absolute Gasteiger partial charge is 0.478 e. The summed E-state index contributed by atoms with van der Waals surface area (Å²) in [6.07, 6.45) is -0.860. The van der Waals surface area contributed by atoms with Crippen LogP contribution in [0.3, 0.4) is 0 Å². The number of carbonyl (C=O) groups is 3. The van der Waals surface area contributed by atoms with Gasteiger partial charge < -0.3 is 19.8 Å². The molecule has 21 heavy (non-hydrogen) atoms. The summed E-state index contributed by atoms with van der Waals surface area (Å²) in [6.45, 7) is 4.99. The van der Waals surface area contributed by atoms with Gasteiger partial charge in [-0.2, -0.15) is 5.48 Å². The van der Waals surface area contributed by atoms with Crippen LogP contribution in [0.25, 0.3) is 0 Å². The van der Waals surface area contributed by atoms with E-state index in [-0.39, 0.29) is 11.3 Å². The Bertz CT molecular complexity index is 574. The van der Waals surface area contributed by atoms with Crippen molar-refractivity contribution in [1.82, 2.24) is 5.48 Å². The van der Waals surface area contributed by atoms with Crippen molar-refractivity contribution in [3.05, 3.63) is 29.3 Å². The number of hydroxylamine groups is 1. The monoisotopic (exact) mass is 297 g/mol. The lowest BCUT2D eigenvalue weighted by molar-refractivity contribution is 0.0287. The summed E-state index contributed by atoms with van der Waals surface area (Å²) < 4.78 is 4.91. The number of carboxylic acid groups (broad SMARTS) is 2. The SMILES string of the molecule is CC(C)(C)OC(=O)NOc1ccc(C(=O)O)c(C(=O)O)c1. The molecule has 1 rings (SSSR count). The number of benzene rings is 1. The zero-order chi connectivity index (χ0) is 16.2. The molecule has 8 nitrogen and oxygen atoms in total. The lowest BCUT2D eigenvalue weighted by Gasteiger charge is -2.19. The van der Waals surface area contributed by atoms with Crippen LogP contribution in [0.4, 0.5) is 4.79 Å². The van der Waals surface area contributed by atoms with Gasteiger partial charge in [0.2, 0.25) is 0 Å². The molecule has 1 aromatic carbocycles. The average molecular weight is 297 g/mol. The van der Waals surface area contributed by atoms with Crippen molar-refractivity contribution in [3.8, 4) is 5.75 Å². The number of carboxylic acids is 2. The Morgan fingerprint density at radius 2 is 1.62 bits per heavy atom.